The van der Waals surface area contributed by atoms with Gasteiger partial charge < -0.3 is 18.9 Å². The third-order valence-electron chi connectivity index (χ3n) is 3.80. The summed E-state index contributed by atoms with van der Waals surface area (Å²) in [4.78, 5) is 26.7. The lowest BCUT2D eigenvalue weighted by molar-refractivity contribution is -0.139. The van der Waals surface area contributed by atoms with Crippen molar-refractivity contribution >= 4 is 25.2 Å². The summed E-state index contributed by atoms with van der Waals surface area (Å²) in [5.41, 5.74) is 3.43. The number of hydrogen-bond donors (Lipinski definition) is 0. The Morgan fingerprint density at radius 1 is 1.38 bits per heavy atom. The van der Waals surface area contributed by atoms with Gasteiger partial charge in [-0.25, -0.2) is 4.98 Å². The first-order valence-electron chi connectivity index (χ1n) is 7.56. The van der Waals surface area contributed by atoms with Crippen molar-refractivity contribution < 1.29 is 23.7 Å². The molecule has 0 spiro atoms. The van der Waals surface area contributed by atoms with Gasteiger partial charge in [0.2, 0.25) is 5.88 Å². The first kappa shape index (κ1) is 16.2. The number of fused-ring (bicyclic) bond motifs is 1. The number of hydrogen-bond acceptors (Lipinski definition) is 6. The van der Waals surface area contributed by atoms with Gasteiger partial charge in [-0.3, -0.25) is 4.79 Å². The summed E-state index contributed by atoms with van der Waals surface area (Å²) in [6, 6.07) is 9.16. The molecule has 3 rings (SSSR count). The van der Waals surface area contributed by atoms with Crippen LogP contribution in [0, 0.1) is 0 Å². The van der Waals surface area contributed by atoms with Crippen molar-refractivity contribution in [1.29, 1.82) is 0 Å². The number of aromatic nitrogens is 1. The van der Waals surface area contributed by atoms with Crippen LogP contribution in [0.5, 0.6) is 11.6 Å². The van der Waals surface area contributed by atoms with Gasteiger partial charge in [0.05, 0.1) is 25.8 Å². The number of methoxy groups -OCH3 is 1. The molecule has 0 amide bonds. The zero-order valence-electron chi connectivity index (χ0n) is 13.3. The molecule has 0 atom stereocenters. The topological polar surface area (TPSA) is 74.7 Å². The van der Waals surface area contributed by atoms with Crippen LogP contribution in [0.15, 0.2) is 30.3 Å². The largest absolute Gasteiger partial charge is 0.469 e. The van der Waals surface area contributed by atoms with Crippen molar-refractivity contribution in [3.8, 4) is 11.6 Å². The molecule has 0 radical (unpaired) electrons. The molecule has 24 heavy (non-hydrogen) atoms. The SMILES string of the molecule is COC(=O)Cc1ccc(Oc2ccc3c(c2)COB3)nc1CC=O. The zero-order valence-corrected chi connectivity index (χ0v) is 13.3. The van der Waals surface area contributed by atoms with Crippen LogP contribution >= 0.6 is 0 Å². The maximum Gasteiger partial charge on any atom is 0.310 e. The van der Waals surface area contributed by atoms with Crippen molar-refractivity contribution in [2.24, 2.45) is 0 Å². The monoisotopic (exact) mass is 325 g/mol. The Morgan fingerprint density at radius 3 is 3.04 bits per heavy atom. The maximum atomic E-state index is 11.4. The molecule has 2 aromatic rings. The van der Waals surface area contributed by atoms with Crippen LogP contribution in [-0.2, 0) is 38.4 Å². The summed E-state index contributed by atoms with van der Waals surface area (Å²) < 4.78 is 15.8. The van der Waals surface area contributed by atoms with E-state index in [1.54, 1.807) is 12.1 Å². The fourth-order valence-corrected chi connectivity index (χ4v) is 2.54. The van der Waals surface area contributed by atoms with Crippen molar-refractivity contribution in [2.75, 3.05) is 7.11 Å². The van der Waals surface area contributed by atoms with Gasteiger partial charge in [-0.2, -0.15) is 0 Å². The Morgan fingerprint density at radius 2 is 2.25 bits per heavy atom. The quantitative estimate of drug-likeness (QED) is 0.445. The van der Waals surface area contributed by atoms with E-state index in [1.807, 2.05) is 18.2 Å². The molecule has 1 aliphatic rings. The van der Waals surface area contributed by atoms with Crippen molar-refractivity contribution in [3.63, 3.8) is 0 Å². The second-order valence-corrected chi connectivity index (χ2v) is 5.40. The Kier molecular flexibility index (Phi) is 4.91. The van der Waals surface area contributed by atoms with Gasteiger partial charge in [-0.05, 0) is 28.7 Å². The first-order valence-corrected chi connectivity index (χ1v) is 7.56. The Labute approximate surface area is 140 Å². The molecule has 0 fully saturated rings. The molecular weight excluding hydrogens is 309 g/mol. The van der Waals surface area contributed by atoms with Crippen molar-refractivity contribution in [3.05, 3.63) is 47.2 Å². The number of pyridine rings is 1. The van der Waals surface area contributed by atoms with Gasteiger partial charge in [0.1, 0.15) is 12.0 Å². The number of esters is 1. The van der Waals surface area contributed by atoms with E-state index in [1.165, 1.54) is 7.11 Å². The van der Waals surface area contributed by atoms with Crippen LogP contribution in [0.2, 0.25) is 0 Å². The number of benzene rings is 1. The van der Waals surface area contributed by atoms with E-state index in [9.17, 15) is 9.59 Å². The van der Waals surface area contributed by atoms with Gasteiger partial charge >= 0.3 is 13.5 Å². The highest BCUT2D eigenvalue weighted by molar-refractivity contribution is 6.48. The van der Waals surface area contributed by atoms with Crippen LogP contribution in [0.25, 0.3) is 0 Å². The van der Waals surface area contributed by atoms with E-state index in [-0.39, 0.29) is 18.8 Å². The van der Waals surface area contributed by atoms with Crippen LogP contribution in [0.4, 0.5) is 0 Å². The number of aldehydes is 1. The second kappa shape index (κ2) is 7.27. The molecule has 7 heteroatoms. The fraction of sp³-hybridized carbons (Fsp3) is 0.235. The molecule has 0 unspecified atom stereocenters. The summed E-state index contributed by atoms with van der Waals surface area (Å²) in [6.07, 6.45) is 0.935. The number of carbonyl (C=O) groups excluding carboxylic acids is 2. The molecule has 1 aliphatic heterocycles. The first-order chi connectivity index (χ1) is 11.7. The maximum absolute atomic E-state index is 11.4. The molecule has 0 aliphatic carbocycles. The van der Waals surface area contributed by atoms with Crippen LogP contribution in [-0.4, -0.2) is 31.8 Å². The van der Waals surface area contributed by atoms with Crippen molar-refractivity contribution in [2.45, 2.75) is 19.4 Å². The van der Waals surface area contributed by atoms with Crippen LogP contribution in [0.1, 0.15) is 16.8 Å². The van der Waals surface area contributed by atoms with E-state index < -0.39 is 0 Å². The fourth-order valence-electron chi connectivity index (χ4n) is 2.54. The number of ether oxygens (including phenoxy) is 2. The minimum atomic E-state index is -0.378. The molecular formula is C17H16BNO5. The molecule has 122 valence electrons. The highest BCUT2D eigenvalue weighted by atomic mass is 16.5. The number of carbonyl (C=O) groups is 2. The summed E-state index contributed by atoms with van der Waals surface area (Å²) in [5, 5.41) is 0. The van der Waals surface area contributed by atoms with Gasteiger partial charge in [0.15, 0.2) is 0 Å². The summed E-state index contributed by atoms with van der Waals surface area (Å²) >= 11 is 0. The zero-order chi connectivity index (χ0) is 16.9. The molecule has 0 saturated carbocycles. The summed E-state index contributed by atoms with van der Waals surface area (Å²) in [5.74, 6) is 0.653. The summed E-state index contributed by atoms with van der Waals surface area (Å²) in [6.45, 7) is 0.578. The standard InChI is InChI=1S/C17H16BNO5/c1-22-17(21)9-11-2-5-16(19-15(11)6-7-20)24-13-3-4-14-12(8-13)10-23-18-14/h2-5,7-8,18H,6,9-10H2,1H3. The van der Waals surface area contributed by atoms with Gasteiger partial charge in [-0.15, -0.1) is 0 Å². The minimum Gasteiger partial charge on any atom is -0.469 e. The molecule has 6 nitrogen and oxygen atoms in total. The molecule has 0 bridgehead atoms. The molecule has 0 saturated heterocycles. The van der Waals surface area contributed by atoms with E-state index >= 15 is 0 Å². The van der Waals surface area contributed by atoms with E-state index in [0.717, 1.165) is 17.3 Å². The Balaban J connectivity index is 1.81. The third-order valence-corrected chi connectivity index (χ3v) is 3.80. The average molecular weight is 325 g/mol. The minimum absolute atomic E-state index is 0.0726. The van der Waals surface area contributed by atoms with Gasteiger partial charge in [-0.1, -0.05) is 12.1 Å². The Hall–Kier alpha value is -2.67. The average Bonchev–Trinajstić information content (AvgIpc) is 3.05. The summed E-state index contributed by atoms with van der Waals surface area (Å²) in [7, 11) is 1.95. The predicted molar refractivity (Wildman–Crippen MR) is 87.8 cm³/mol. The molecule has 0 N–H and O–H groups in total. The third kappa shape index (κ3) is 3.63. The number of rotatable bonds is 6. The molecule has 1 aromatic heterocycles. The lowest BCUT2D eigenvalue weighted by atomic mass is 9.87. The van der Waals surface area contributed by atoms with Crippen LogP contribution in [0.3, 0.4) is 0 Å². The van der Waals surface area contributed by atoms with E-state index in [2.05, 4.69) is 9.72 Å². The Bertz CT molecular complexity index is 778. The van der Waals surface area contributed by atoms with E-state index in [4.69, 9.17) is 9.39 Å². The predicted octanol–water partition coefficient (Wildman–Crippen LogP) is 0.838. The van der Waals surface area contributed by atoms with Gasteiger partial charge in [0.25, 0.3) is 0 Å². The van der Waals surface area contributed by atoms with E-state index in [0.29, 0.717) is 37.0 Å². The highest BCUT2D eigenvalue weighted by Gasteiger charge is 2.15. The lowest BCUT2D eigenvalue weighted by Crippen LogP contribution is -2.11. The number of nitrogens with zero attached hydrogens (tertiary/aromatic N) is 1. The highest BCUT2D eigenvalue weighted by Crippen LogP contribution is 2.23. The second-order valence-electron chi connectivity index (χ2n) is 5.40. The molecule has 2 heterocycles. The normalized spacial score (nSPS) is 12.2. The smallest absolute Gasteiger partial charge is 0.310 e. The van der Waals surface area contributed by atoms with Crippen LogP contribution < -0.4 is 10.2 Å². The van der Waals surface area contributed by atoms with Gasteiger partial charge in [0, 0.05) is 12.5 Å². The van der Waals surface area contributed by atoms with Crippen molar-refractivity contribution in [1.82, 2.24) is 4.98 Å². The molecule has 1 aromatic carbocycles. The lowest BCUT2D eigenvalue weighted by Gasteiger charge is -2.10.